The van der Waals surface area contributed by atoms with Crippen LogP contribution in [0.1, 0.15) is 25.7 Å². The minimum Gasteiger partial charge on any atom is -0.396 e. The van der Waals surface area contributed by atoms with Crippen molar-refractivity contribution in [2.75, 3.05) is 20.3 Å². The molecule has 0 bridgehead atoms. The fourth-order valence-electron chi connectivity index (χ4n) is 1.87. The lowest BCUT2D eigenvalue weighted by molar-refractivity contribution is 0.00589. The summed E-state index contributed by atoms with van der Waals surface area (Å²) in [5.41, 5.74) is 5.63. The molecule has 12 heavy (non-hydrogen) atoms. The summed E-state index contributed by atoms with van der Waals surface area (Å²) >= 11 is 0. The molecule has 1 aliphatic rings. The van der Waals surface area contributed by atoms with Crippen molar-refractivity contribution in [1.82, 2.24) is 0 Å². The van der Waals surface area contributed by atoms with Crippen LogP contribution in [0.15, 0.2) is 0 Å². The summed E-state index contributed by atoms with van der Waals surface area (Å²) in [6, 6.07) is 0. The second-order valence-electron chi connectivity index (χ2n) is 3.80. The Kier molecular flexibility index (Phi) is 3.50. The van der Waals surface area contributed by atoms with E-state index in [1.807, 2.05) is 0 Å². The minimum atomic E-state index is -0.00493. The van der Waals surface area contributed by atoms with Gasteiger partial charge in [-0.15, -0.1) is 0 Å². The van der Waals surface area contributed by atoms with E-state index >= 15 is 0 Å². The van der Waals surface area contributed by atoms with Gasteiger partial charge in [-0.25, -0.2) is 0 Å². The van der Waals surface area contributed by atoms with E-state index in [0.717, 1.165) is 25.7 Å². The fourth-order valence-corrected chi connectivity index (χ4v) is 1.87. The molecular formula is C9H19NO2. The lowest BCUT2D eigenvalue weighted by Gasteiger charge is -2.37. The van der Waals surface area contributed by atoms with Gasteiger partial charge in [0.05, 0.1) is 6.10 Å². The molecule has 0 radical (unpaired) electrons. The van der Waals surface area contributed by atoms with Gasteiger partial charge in [-0.2, -0.15) is 0 Å². The Bertz CT molecular complexity index is 124. The number of hydrogen-bond acceptors (Lipinski definition) is 3. The van der Waals surface area contributed by atoms with Crippen molar-refractivity contribution in [3.8, 4) is 0 Å². The largest absolute Gasteiger partial charge is 0.396 e. The molecule has 3 heteroatoms. The highest BCUT2D eigenvalue weighted by atomic mass is 16.5. The molecule has 3 N–H and O–H groups in total. The van der Waals surface area contributed by atoms with Crippen molar-refractivity contribution in [3.05, 3.63) is 0 Å². The molecule has 0 aliphatic heterocycles. The van der Waals surface area contributed by atoms with E-state index in [1.165, 1.54) is 0 Å². The third kappa shape index (κ3) is 1.97. The van der Waals surface area contributed by atoms with Gasteiger partial charge < -0.3 is 15.6 Å². The van der Waals surface area contributed by atoms with Crippen molar-refractivity contribution in [3.63, 3.8) is 0 Å². The minimum absolute atomic E-state index is 0.00493. The van der Waals surface area contributed by atoms with Gasteiger partial charge in [-0.05, 0) is 25.7 Å². The van der Waals surface area contributed by atoms with Crippen LogP contribution in [0, 0.1) is 5.41 Å². The number of nitrogens with two attached hydrogens (primary N) is 1. The Labute approximate surface area is 73.9 Å². The molecule has 1 saturated carbocycles. The predicted octanol–water partition coefficient (Wildman–Crippen LogP) is 0.513. The topological polar surface area (TPSA) is 55.5 Å². The van der Waals surface area contributed by atoms with E-state index in [9.17, 15) is 5.11 Å². The zero-order valence-corrected chi connectivity index (χ0v) is 7.75. The van der Waals surface area contributed by atoms with Crippen molar-refractivity contribution >= 4 is 0 Å². The highest BCUT2D eigenvalue weighted by molar-refractivity contribution is 4.86. The molecule has 1 fully saturated rings. The second kappa shape index (κ2) is 4.21. The molecule has 0 atom stereocenters. The van der Waals surface area contributed by atoms with E-state index < -0.39 is 0 Å². The van der Waals surface area contributed by atoms with Crippen LogP contribution in [-0.2, 0) is 4.74 Å². The van der Waals surface area contributed by atoms with Crippen LogP contribution in [0.5, 0.6) is 0 Å². The lowest BCUT2D eigenvalue weighted by atomic mass is 9.74. The zero-order chi connectivity index (χ0) is 9.03. The summed E-state index contributed by atoms with van der Waals surface area (Å²) in [6.45, 7) is 0.819. The Balaban J connectivity index is 2.42. The van der Waals surface area contributed by atoms with Crippen LogP contribution in [0.4, 0.5) is 0 Å². The van der Waals surface area contributed by atoms with Crippen molar-refractivity contribution in [2.45, 2.75) is 31.8 Å². The average Bonchev–Trinajstić information content (AvgIpc) is 2.18. The van der Waals surface area contributed by atoms with E-state index in [-0.39, 0.29) is 12.0 Å². The third-order valence-electron chi connectivity index (χ3n) is 3.10. The molecule has 0 heterocycles. The molecule has 0 saturated heterocycles. The number of methoxy groups -OCH3 is 1. The van der Waals surface area contributed by atoms with Crippen LogP contribution >= 0.6 is 0 Å². The first-order chi connectivity index (χ1) is 5.76. The van der Waals surface area contributed by atoms with E-state index in [2.05, 4.69) is 0 Å². The van der Waals surface area contributed by atoms with Crippen LogP contribution in [0.25, 0.3) is 0 Å². The van der Waals surface area contributed by atoms with Crippen molar-refractivity contribution in [2.24, 2.45) is 11.1 Å². The molecule has 0 amide bonds. The number of aliphatic hydroxyl groups excluding tert-OH is 1. The summed E-state index contributed by atoms with van der Waals surface area (Å²) in [6.07, 6.45) is 4.45. The maximum atomic E-state index is 9.18. The molecule has 0 spiro atoms. The molecule has 0 aromatic rings. The first-order valence-electron chi connectivity index (χ1n) is 4.60. The maximum absolute atomic E-state index is 9.18. The van der Waals surface area contributed by atoms with Crippen LogP contribution in [0.2, 0.25) is 0 Å². The van der Waals surface area contributed by atoms with Gasteiger partial charge in [0.1, 0.15) is 0 Å². The second-order valence-corrected chi connectivity index (χ2v) is 3.80. The van der Waals surface area contributed by atoms with Crippen molar-refractivity contribution in [1.29, 1.82) is 0 Å². The van der Waals surface area contributed by atoms with E-state index in [4.69, 9.17) is 10.5 Å². The smallest absolute Gasteiger partial charge is 0.0571 e. The predicted molar refractivity (Wildman–Crippen MR) is 47.8 cm³/mol. The monoisotopic (exact) mass is 173 g/mol. The van der Waals surface area contributed by atoms with Gasteiger partial charge in [0, 0.05) is 25.7 Å². The first-order valence-corrected chi connectivity index (χ1v) is 4.60. The third-order valence-corrected chi connectivity index (χ3v) is 3.10. The summed E-state index contributed by atoms with van der Waals surface area (Å²) < 4.78 is 5.25. The molecule has 0 aromatic heterocycles. The van der Waals surface area contributed by atoms with Crippen LogP contribution in [0.3, 0.4) is 0 Å². The number of rotatable bonds is 3. The van der Waals surface area contributed by atoms with Gasteiger partial charge >= 0.3 is 0 Å². The van der Waals surface area contributed by atoms with Crippen LogP contribution in [-0.4, -0.2) is 31.5 Å². The standard InChI is InChI=1S/C9H19NO2/c1-12-8-2-4-9(6-10,7-11)5-3-8/h8,11H,2-7,10H2,1H3. The van der Waals surface area contributed by atoms with Gasteiger partial charge in [0.25, 0.3) is 0 Å². The number of aliphatic hydroxyl groups is 1. The maximum Gasteiger partial charge on any atom is 0.0571 e. The Morgan fingerprint density at radius 2 is 2.08 bits per heavy atom. The molecule has 0 unspecified atom stereocenters. The molecule has 1 rings (SSSR count). The fraction of sp³-hybridized carbons (Fsp3) is 1.00. The van der Waals surface area contributed by atoms with Crippen molar-refractivity contribution < 1.29 is 9.84 Å². The summed E-state index contributed by atoms with van der Waals surface area (Å²) in [7, 11) is 1.75. The molecule has 72 valence electrons. The van der Waals surface area contributed by atoms with Gasteiger partial charge in [0.15, 0.2) is 0 Å². The molecular weight excluding hydrogens is 154 g/mol. The summed E-state index contributed by atoms with van der Waals surface area (Å²) in [4.78, 5) is 0. The highest BCUT2D eigenvalue weighted by Gasteiger charge is 2.33. The zero-order valence-electron chi connectivity index (χ0n) is 7.75. The summed E-state index contributed by atoms with van der Waals surface area (Å²) in [5, 5.41) is 9.18. The van der Waals surface area contributed by atoms with E-state index in [0.29, 0.717) is 12.6 Å². The van der Waals surface area contributed by atoms with Gasteiger partial charge in [0.2, 0.25) is 0 Å². The molecule has 1 aliphatic carbocycles. The van der Waals surface area contributed by atoms with E-state index in [1.54, 1.807) is 7.11 Å². The first kappa shape index (κ1) is 9.96. The van der Waals surface area contributed by atoms with Gasteiger partial charge in [-0.1, -0.05) is 0 Å². The number of hydrogen-bond donors (Lipinski definition) is 2. The average molecular weight is 173 g/mol. The normalized spacial score (nSPS) is 36.8. The Morgan fingerprint density at radius 1 is 1.50 bits per heavy atom. The summed E-state index contributed by atoms with van der Waals surface area (Å²) in [5.74, 6) is 0. The Morgan fingerprint density at radius 3 is 2.42 bits per heavy atom. The quantitative estimate of drug-likeness (QED) is 0.654. The Hall–Kier alpha value is -0.120. The van der Waals surface area contributed by atoms with Crippen LogP contribution < -0.4 is 5.73 Å². The number of ether oxygens (including phenoxy) is 1. The molecule has 0 aromatic carbocycles. The lowest BCUT2D eigenvalue weighted by Crippen LogP contribution is -2.39. The molecule has 3 nitrogen and oxygen atoms in total. The SMILES string of the molecule is COC1CCC(CN)(CO)CC1. The highest BCUT2D eigenvalue weighted by Crippen LogP contribution is 2.35. The van der Waals surface area contributed by atoms with Gasteiger partial charge in [-0.3, -0.25) is 0 Å².